The number of hydrogen-bond acceptors (Lipinski definition) is 4. The first-order chi connectivity index (χ1) is 8.47. The van der Waals surface area contributed by atoms with Crippen LogP contribution in [0.1, 0.15) is 5.56 Å². The average Bonchev–Trinajstić information content (AvgIpc) is 2.41. The number of carboxylic acid groups (broad SMARTS) is 2. The molecule has 0 fully saturated rings. The van der Waals surface area contributed by atoms with Gasteiger partial charge in [-0.25, -0.2) is 0 Å². The molecule has 0 aliphatic rings. The van der Waals surface area contributed by atoms with Crippen LogP contribution < -0.4 is 10.2 Å². The van der Waals surface area contributed by atoms with Gasteiger partial charge in [0, 0.05) is 0 Å². The van der Waals surface area contributed by atoms with Crippen LogP contribution in [0.3, 0.4) is 0 Å². The normalized spacial score (nSPS) is 6.95. The summed E-state index contributed by atoms with van der Waals surface area (Å²) in [6.07, 6.45) is 3.28. The molecular weight excluding hydrogens is 272 g/mol. The molecule has 0 amide bonds. The van der Waals surface area contributed by atoms with Crippen molar-refractivity contribution >= 4 is 55.8 Å². The second-order valence-electron chi connectivity index (χ2n) is 2.66. The molecule has 19 heavy (non-hydrogen) atoms. The molecule has 0 aliphatic heterocycles. The molecular formula is C14H14CaO4. The van der Waals surface area contributed by atoms with Crippen LogP contribution in [0.2, 0.25) is 0 Å². The third kappa shape index (κ3) is 22.3. The number of hydrogen-bond donors (Lipinski definition) is 0. The van der Waals surface area contributed by atoms with Crippen molar-refractivity contribution < 1.29 is 19.8 Å². The van der Waals surface area contributed by atoms with Gasteiger partial charge in [0.15, 0.2) is 0 Å². The Morgan fingerprint density at radius 3 is 1.37 bits per heavy atom. The molecule has 0 aromatic heterocycles. The SMILES string of the molecule is C=CC(=O)[O-].C=CC(=O)[O-].C=Cc1ccccc1.[Ca+2]. The molecule has 0 aliphatic carbocycles. The molecule has 5 heteroatoms. The quantitative estimate of drug-likeness (QED) is 0.569. The van der Waals surface area contributed by atoms with Crippen molar-refractivity contribution in [2.75, 3.05) is 0 Å². The van der Waals surface area contributed by atoms with Crippen LogP contribution in [0.25, 0.3) is 6.08 Å². The van der Waals surface area contributed by atoms with Gasteiger partial charge in [0.05, 0.1) is 11.9 Å². The summed E-state index contributed by atoms with van der Waals surface area (Å²) in [5.41, 5.74) is 1.17. The fraction of sp³-hybridized carbons (Fsp3) is 0. The van der Waals surface area contributed by atoms with Gasteiger partial charge in [0.25, 0.3) is 0 Å². The van der Waals surface area contributed by atoms with Crippen LogP contribution in [0, 0.1) is 0 Å². The predicted molar refractivity (Wildman–Crippen MR) is 72.7 cm³/mol. The summed E-state index contributed by atoms with van der Waals surface area (Å²) >= 11 is 0. The molecule has 0 bridgehead atoms. The van der Waals surface area contributed by atoms with Gasteiger partial charge in [-0.2, -0.15) is 0 Å². The van der Waals surface area contributed by atoms with E-state index in [1.54, 1.807) is 0 Å². The van der Waals surface area contributed by atoms with Crippen LogP contribution in [-0.4, -0.2) is 49.7 Å². The first-order valence-corrected chi connectivity index (χ1v) is 4.82. The predicted octanol–water partition coefficient (Wildman–Crippen LogP) is -0.207. The summed E-state index contributed by atoms with van der Waals surface area (Å²) in [6, 6.07) is 10.0. The molecule has 96 valence electrons. The second kappa shape index (κ2) is 16.6. The van der Waals surface area contributed by atoms with Crippen molar-refractivity contribution in [2.24, 2.45) is 0 Å². The Kier molecular flexibility index (Phi) is 20.0. The Labute approximate surface area is 142 Å². The minimum absolute atomic E-state index is 0. The van der Waals surface area contributed by atoms with Crippen molar-refractivity contribution in [3.63, 3.8) is 0 Å². The Morgan fingerprint density at radius 2 is 1.21 bits per heavy atom. The maximum atomic E-state index is 9.14. The Bertz CT molecular complexity index is 381. The molecule has 0 radical (unpaired) electrons. The maximum absolute atomic E-state index is 9.14. The van der Waals surface area contributed by atoms with E-state index in [0.29, 0.717) is 0 Å². The summed E-state index contributed by atoms with van der Waals surface area (Å²) in [5, 5.41) is 18.3. The van der Waals surface area contributed by atoms with Crippen molar-refractivity contribution in [3.05, 3.63) is 67.8 Å². The smallest absolute Gasteiger partial charge is 0.545 e. The minimum Gasteiger partial charge on any atom is -0.545 e. The Balaban J connectivity index is -0.000000208. The average molecular weight is 286 g/mol. The molecule has 0 N–H and O–H groups in total. The number of aliphatic carboxylic acids is 2. The van der Waals surface area contributed by atoms with Gasteiger partial charge in [0.1, 0.15) is 0 Å². The van der Waals surface area contributed by atoms with Crippen LogP contribution in [0.15, 0.2) is 62.2 Å². The van der Waals surface area contributed by atoms with Gasteiger partial charge in [-0.15, -0.1) is 0 Å². The van der Waals surface area contributed by atoms with E-state index in [4.69, 9.17) is 19.8 Å². The maximum Gasteiger partial charge on any atom is 2.00 e. The third-order valence-electron chi connectivity index (χ3n) is 1.37. The van der Waals surface area contributed by atoms with Crippen molar-refractivity contribution in [2.45, 2.75) is 0 Å². The number of carbonyl (C=O) groups excluding carboxylic acids is 2. The zero-order valence-electron chi connectivity index (χ0n) is 10.6. The summed E-state index contributed by atoms with van der Waals surface area (Å²) in [7, 11) is 0. The van der Waals surface area contributed by atoms with E-state index in [1.165, 1.54) is 5.56 Å². The van der Waals surface area contributed by atoms with Gasteiger partial charge in [-0.05, 0) is 17.7 Å². The van der Waals surface area contributed by atoms with E-state index < -0.39 is 11.9 Å². The summed E-state index contributed by atoms with van der Waals surface area (Å²) in [6.45, 7) is 9.43. The van der Waals surface area contributed by atoms with Crippen molar-refractivity contribution in [3.8, 4) is 0 Å². The first kappa shape index (κ1) is 22.8. The summed E-state index contributed by atoms with van der Waals surface area (Å²) < 4.78 is 0. The van der Waals surface area contributed by atoms with E-state index in [-0.39, 0.29) is 37.7 Å². The van der Waals surface area contributed by atoms with E-state index >= 15 is 0 Å². The van der Waals surface area contributed by atoms with Crippen LogP contribution in [0.5, 0.6) is 0 Å². The summed E-state index contributed by atoms with van der Waals surface area (Å²) in [5.74, 6) is -2.46. The summed E-state index contributed by atoms with van der Waals surface area (Å²) in [4.78, 5) is 18.3. The first-order valence-electron chi connectivity index (χ1n) is 4.82. The molecule has 1 rings (SSSR count). The molecule has 4 nitrogen and oxygen atoms in total. The number of carboxylic acids is 2. The molecule has 0 saturated carbocycles. The van der Waals surface area contributed by atoms with Crippen LogP contribution in [0.4, 0.5) is 0 Å². The van der Waals surface area contributed by atoms with E-state index in [2.05, 4.69) is 19.7 Å². The minimum atomic E-state index is -1.23. The standard InChI is InChI=1S/C8H8.2C3H4O2.Ca/c1-2-8-6-4-3-5-7-8;2*1-2-3(4)5;/h2-7H,1H2;2*2H,1H2,(H,4,5);/q;;;+2/p-2. The fourth-order valence-electron chi connectivity index (χ4n) is 0.589. The number of rotatable bonds is 3. The fourth-order valence-corrected chi connectivity index (χ4v) is 0.589. The van der Waals surface area contributed by atoms with Gasteiger partial charge in [-0.3, -0.25) is 0 Å². The molecule has 0 unspecified atom stereocenters. The second-order valence-corrected chi connectivity index (χ2v) is 2.66. The van der Waals surface area contributed by atoms with Crippen LogP contribution in [-0.2, 0) is 9.59 Å². The van der Waals surface area contributed by atoms with Gasteiger partial charge < -0.3 is 19.8 Å². The van der Waals surface area contributed by atoms with Gasteiger partial charge in [-0.1, -0.05) is 56.1 Å². The molecule has 1 aromatic carbocycles. The monoisotopic (exact) mass is 286 g/mol. The van der Waals surface area contributed by atoms with Crippen LogP contribution >= 0.6 is 0 Å². The number of benzene rings is 1. The molecule has 0 heterocycles. The molecule has 0 spiro atoms. The van der Waals surface area contributed by atoms with E-state index in [9.17, 15) is 0 Å². The molecule has 0 atom stereocenters. The van der Waals surface area contributed by atoms with Crippen molar-refractivity contribution in [1.82, 2.24) is 0 Å². The van der Waals surface area contributed by atoms with Gasteiger partial charge >= 0.3 is 37.7 Å². The largest absolute Gasteiger partial charge is 2.00 e. The Hall–Kier alpha value is -1.36. The zero-order chi connectivity index (χ0) is 14.4. The van der Waals surface area contributed by atoms with Gasteiger partial charge in [0.2, 0.25) is 0 Å². The van der Waals surface area contributed by atoms with E-state index in [1.807, 2.05) is 36.4 Å². The van der Waals surface area contributed by atoms with E-state index in [0.717, 1.165) is 12.2 Å². The molecule has 0 saturated heterocycles. The zero-order valence-corrected chi connectivity index (χ0v) is 12.8. The Morgan fingerprint density at radius 1 is 0.895 bits per heavy atom. The van der Waals surface area contributed by atoms with Crippen molar-refractivity contribution in [1.29, 1.82) is 0 Å². The molecule has 1 aromatic rings. The third-order valence-corrected chi connectivity index (χ3v) is 1.37. The topological polar surface area (TPSA) is 80.3 Å². The number of carbonyl (C=O) groups is 2.